The summed E-state index contributed by atoms with van der Waals surface area (Å²) < 4.78 is 27.9. The van der Waals surface area contributed by atoms with Gasteiger partial charge in [0.25, 0.3) is 0 Å². The average molecular weight is 376 g/mol. The van der Waals surface area contributed by atoms with Crippen molar-refractivity contribution in [3.8, 4) is 0 Å². The Morgan fingerprint density at radius 3 is 2.73 bits per heavy atom. The van der Waals surface area contributed by atoms with Gasteiger partial charge in [0, 0.05) is 42.3 Å². The third kappa shape index (κ3) is 4.42. The van der Waals surface area contributed by atoms with Crippen LogP contribution >= 0.6 is 0 Å². The Labute approximate surface area is 156 Å². The summed E-state index contributed by atoms with van der Waals surface area (Å²) >= 11 is 0. The van der Waals surface area contributed by atoms with Gasteiger partial charge in [-0.2, -0.15) is 4.31 Å². The second kappa shape index (κ2) is 8.93. The number of nitrogens with zero attached hydrogens (tertiary/aromatic N) is 2. The Morgan fingerprint density at radius 1 is 1.15 bits per heavy atom. The van der Waals surface area contributed by atoms with Gasteiger partial charge >= 0.3 is 0 Å². The van der Waals surface area contributed by atoms with Gasteiger partial charge < -0.3 is 5.32 Å². The SMILES string of the molecule is CCCCCCNC1CCN(S(=O)(=O)c2cccc3cnccc23)CC1. The van der Waals surface area contributed by atoms with Crippen LogP contribution in [0, 0.1) is 0 Å². The predicted molar refractivity (Wildman–Crippen MR) is 106 cm³/mol. The van der Waals surface area contributed by atoms with Crippen molar-refractivity contribution in [1.82, 2.24) is 14.6 Å². The Bertz CT molecular complexity index is 809. The van der Waals surface area contributed by atoms with E-state index in [2.05, 4.69) is 17.2 Å². The first-order valence-electron chi connectivity index (χ1n) is 9.69. The maximum absolute atomic E-state index is 13.1. The molecule has 0 saturated carbocycles. The summed E-state index contributed by atoms with van der Waals surface area (Å²) in [6, 6.07) is 7.61. The number of fused-ring (bicyclic) bond motifs is 1. The predicted octanol–water partition coefficient (Wildman–Crippen LogP) is 3.56. The number of hydrogen-bond donors (Lipinski definition) is 1. The summed E-state index contributed by atoms with van der Waals surface area (Å²) in [6.07, 6.45) is 10.1. The highest BCUT2D eigenvalue weighted by Crippen LogP contribution is 2.27. The Morgan fingerprint density at radius 2 is 1.96 bits per heavy atom. The zero-order valence-corrected chi connectivity index (χ0v) is 16.3. The van der Waals surface area contributed by atoms with Crippen molar-refractivity contribution >= 4 is 20.8 Å². The first-order valence-corrected chi connectivity index (χ1v) is 11.1. The molecule has 1 saturated heterocycles. The molecule has 1 N–H and O–H groups in total. The minimum absolute atomic E-state index is 0.392. The van der Waals surface area contributed by atoms with Gasteiger partial charge in [0.15, 0.2) is 0 Å². The number of sulfonamides is 1. The molecule has 0 atom stereocenters. The number of hydrogen-bond acceptors (Lipinski definition) is 4. The zero-order chi connectivity index (χ0) is 18.4. The average Bonchev–Trinajstić information content (AvgIpc) is 2.68. The molecule has 1 aromatic carbocycles. The fourth-order valence-corrected chi connectivity index (χ4v) is 5.30. The summed E-state index contributed by atoms with van der Waals surface area (Å²) in [4.78, 5) is 4.48. The molecule has 142 valence electrons. The highest BCUT2D eigenvalue weighted by Gasteiger charge is 2.30. The molecule has 1 aliphatic rings. The van der Waals surface area contributed by atoms with Gasteiger partial charge in [0.2, 0.25) is 10.0 Å². The van der Waals surface area contributed by atoms with Crippen LogP contribution in [0.3, 0.4) is 0 Å². The van der Waals surface area contributed by atoms with E-state index in [-0.39, 0.29) is 0 Å². The maximum atomic E-state index is 13.1. The molecule has 0 bridgehead atoms. The molecule has 2 heterocycles. The number of unbranched alkanes of at least 4 members (excludes halogenated alkanes) is 3. The quantitative estimate of drug-likeness (QED) is 0.717. The number of rotatable bonds is 8. The van der Waals surface area contributed by atoms with Crippen LogP contribution in [0.25, 0.3) is 10.8 Å². The summed E-state index contributed by atoms with van der Waals surface area (Å²) in [5.74, 6) is 0. The lowest BCUT2D eigenvalue weighted by atomic mass is 10.1. The van der Waals surface area contributed by atoms with E-state index in [0.29, 0.717) is 24.0 Å². The third-order valence-corrected chi connectivity index (χ3v) is 7.13. The summed E-state index contributed by atoms with van der Waals surface area (Å²) in [5, 5.41) is 5.20. The first kappa shape index (κ1) is 19.3. The van der Waals surface area contributed by atoms with Gasteiger partial charge in [-0.05, 0) is 37.9 Å². The summed E-state index contributed by atoms with van der Waals surface area (Å²) in [6.45, 7) is 4.41. The first-order chi connectivity index (χ1) is 12.6. The molecule has 2 aromatic rings. The lowest BCUT2D eigenvalue weighted by Crippen LogP contribution is -2.45. The normalized spacial score (nSPS) is 17.0. The van der Waals surface area contributed by atoms with Crippen LogP contribution in [0.15, 0.2) is 41.6 Å². The van der Waals surface area contributed by atoms with E-state index < -0.39 is 10.0 Å². The lowest BCUT2D eigenvalue weighted by molar-refractivity contribution is 0.289. The smallest absolute Gasteiger partial charge is 0.243 e. The minimum atomic E-state index is -3.47. The van der Waals surface area contributed by atoms with E-state index in [0.717, 1.165) is 30.2 Å². The topological polar surface area (TPSA) is 62.3 Å². The van der Waals surface area contributed by atoms with Crippen molar-refractivity contribution in [1.29, 1.82) is 0 Å². The van der Waals surface area contributed by atoms with Crippen molar-refractivity contribution in [3.63, 3.8) is 0 Å². The fourth-order valence-electron chi connectivity index (χ4n) is 3.62. The lowest BCUT2D eigenvalue weighted by Gasteiger charge is -2.32. The van der Waals surface area contributed by atoms with E-state index in [1.54, 1.807) is 34.9 Å². The van der Waals surface area contributed by atoms with Gasteiger partial charge in [0.1, 0.15) is 0 Å². The second-order valence-corrected chi connectivity index (χ2v) is 8.95. The monoisotopic (exact) mass is 375 g/mol. The van der Waals surface area contributed by atoms with Crippen LogP contribution in [0.5, 0.6) is 0 Å². The zero-order valence-electron chi connectivity index (χ0n) is 15.5. The Hall–Kier alpha value is -1.50. The van der Waals surface area contributed by atoms with Crippen LogP contribution in [-0.2, 0) is 10.0 Å². The van der Waals surface area contributed by atoms with Crippen LogP contribution in [0.1, 0.15) is 45.4 Å². The highest BCUT2D eigenvalue weighted by molar-refractivity contribution is 7.89. The largest absolute Gasteiger partial charge is 0.314 e. The number of nitrogens with one attached hydrogen (secondary N) is 1. The van der Waals surface area contributed by atoms with Gasteiger partial charge in [-0.3, -0.25) is 4.98 Å². The van der Waals surface area contributed by atoms with Crippen molar-refractivity contribution in [3.05, 3.63) is 36.7 Å². The van der Waals surface area contributed by atoms with Crippen molar-refractivity contribution in [2.75, 3.05) is 19.6 Å². The molecule has 0 aliphatic carbocycles. The molecule has 0 amide bonds. The van der Waals surface area contributed by atoms with E-state index in [1.807, 2.05) is 6.07 Å². The Kier molecular flexibility index (Phi) is 6.62. The van der Waals surface area contributed by atoms with Gasteiger partial charge in [0.05, 0.1) is 4.90 Å². The standard InChI is InChI=1S/C20H29N3O2S/c1-2-3-4-5-12-22-18-10-14-23(15-11-18)26(24,25)20-8-6-7-17-16-21-13-9-19(17)20/h6-9,13,16,18,22H,2-5,10-12,14-15H2,1H3. The van der Waals surface area contributed by atoms with Crippen LogP contribution < -0.4 is 5.32 Å². The van der Waals surface area contributed by atoms with Crippen molar-refractivity contribution < 1.29 is 8.42 Å². The molecule has 3 rings (SSSR count). The maximum Gasteiger partial charge on any atom is 0.243 e. The number of piperidine rings is 1. The molecular weight excluding hydrogens is 346 g/mol. The van der Waals surface area contributed by atoms with Crippen molar-refractivity contribution in [2.24, 2.45) is 0 Å². The highest BCUT2D eigenvalue weighted by atomic mass is 32.2. The molecule has 6 heteroatoms. The third-order valence-electron chi connectivity index (χ3n) is 5.18. The molecule has 0 unspecified atom stereocenters. The number of pyridine rings is 1. The van der Waals surface area contributed by atoms with E-state index in [9.17, 15) is 8.42 Å². The Balaban J connectivity index is 1.61. The summed E-state index contributed by atoms with van der Waals surface area (Å²) in [5.41, 5.74) is 0. The molecule has 0 radical (unpaired) electrons. The molecule has 1 fully saturated rings. The van der Waals surface area contributed by atoms with Crippen LogP contribution in [0.4, 0.5) is 0 Å². The number of aromatic nitrogens is 1. The summed E-state index contributed by atoms with van der Waals surface area (Å²) in [7, 11) is -3.47. The fraction of sp³-hybridized carbons (Fsp3) is 0.550. The van der Waals surface area contributed by atoms with Gasteiger partial charge in [-0.15, -0.1) is 0 Å². The van der Waals surface area contributed by atoms with Gasteiger partial charge in [-0.1, -0.05) is 38.3 Å². The molecule has 1 aliphatic heterocycles. The molecule has 5 nitrogen and oxygen atoms in total. The van der Waals surface area contributed by atoms with Crippen LogP contribution in [0.2, 0.25) is 0 Å². The van der Waals surface area contributed by atoms with Crippen LogP contribution in [-0.4, -0.2) is 43.4 Å². The minimum Gasteiger partial charge on any atom is -0.314 e. The number of benzene rings is 1. The molecule has 1 aromatic heterocycles. The van der Waals surface area contributed by atoms with Crippen molar-refractivity contribution in [2.45, 2.75) is 56.4 Å². The van der Waals surface area contributed by atoms with E-state index in [1.165, 1.54) is 25.7 Å². The van der Waals surface area contributed by atoms with E-state index in [4.69, 9.17) is 0 Å². The molecule has 26 heavy (non-hydrogen) atoms. The second-order valence-electron chi connectivity index (χ2n) is 7.05. The van der Waals surface area contributed by atoms with Gasteiger partial charge in [-0.25, -0.2) is 8.42 Å². The molecular formula is C20H29N3O2S. The molecule has 0 spiro atoms. The van der Waals surface area contributed by atoms with E-state index >= 15 is 0 Å².